The van der Waals surface area contributed by atoms with E-state index in [-0.39, 0.29) is 24.3 Å². The van der Waals surface area contributed by atoms with Crippen LogP contribution in [0.4, 0.5) is 18.0 Å². The van der Waals surface area contributed by atoms with Crippen LogP contribution in [-0.2, 0) is 12.6 Å². The molecule has 2 amide bonds. The first-order valence-corrected chi connectivity index (χ1v) is 8.76. The van der Waals surface area contributed by atoms with Crippen molar-refractivity contribution < 1.29 is 23.1 Å². The van der Waals surface area contributed by atoms with Crippen molar-refractivity contribution in [3.05, 3.63) is 65.4 Å². The number of aromatic hydroxyl groups is 1. The summed E-state index contributed by atoms with van der Waals surface area (Å²) in [5, 5.41) is 15.5. The monoisotopic (exact) mass is 391 g/mol. The molecular weight excluding hydrogens is 371 g/mol. The van der Waals surface area contributed by atoms with Crippen LogP contribution in [0.1, 0.15) is 29.8 Å². The Hall–Kier alpha value is -3.16. The Balaban J connectivity index is 1.65. The molecular formula is C20H20F3N3O2. The van der Waals surface area contributed by atoms with Crippen molar-refractivity contribution in [2.24, 2.45) is 0 Å². The number of para-hydroxylation sites is 2. The van der Waals surface area contributed by atoms with E-state index in [1.807, 2.05) is 0 Å². The van der Waals surface area contributed by atoms with Crippen molar-refractivity contribution >= 4 is 16.9 Å². The molecule has 8 heteroatoms. The van der Waals surface area contributed by atoms with Gasteiger partial charge in [-0.05, 0) is 31.0 Å². The summed E-state index contributed by atoms with van der Waals surface area (Å²) in [7, 11) is 0. The summed E-state index contributed by atoms with van der Waals surface area (Å²) in [6.07, 6.45) is -4.48. The molecule has 0 aliphatic rings. The van der Waals surface area contributed by atoms with E-state index in [1.165, 1.54) is 6.07 Å². The number of fused-ring (bicyclic) bond motifs is 1. The minimum Gasteiger partial charge on any atom is -0.508 e. The van der Waals surface area contributed by atoms with Crippen LogP contribution in [0.5, 0.6) is 5.75 Å². The average molecular weight is 391 g/mol. The maximum atomic E-state index is 13.3. The zero-order valence-electron chi connectivity index (χ0n) is 15.1. The summed E-state index contributed by atoms with van der Waals surface area (Å²) < 4.78 is 39.9. The van der Waals surface area contributed by atoms with E-state index in [0.29, 0.717) is 16.5 Å². The molecule has 0 fully saturated rings. The Morgan fingerprint density at radius 2 is 1.82 bits per heavy atom. The zero-order valence-corrected chi connectivity index (χ0v) is 15.1. The first-order chi connectivity index (χ1) is 13.3. The Morgan fingerprint density at radius 3 is 2.54 bits per heavy atom. The topological polar surface area (TPSA) is 77.2 Å². The highest BCUT2D eigenvalue weighted by molar-refractivity contribution is 5.85. The van der Waals surface area contributed by atoms with Crippen molar-refractivity contribution in [1.82, 2.24) is 15.6 Å². The number of H-pyrrole nitrogens is 1. The first-order valence-electron chi connectivity index (χ1n) is 8.76. The van der Waals surface area contributed by atoms with Gasteiger partial charge in [0, 0.05) is 23.0 Å². The fourth-order valence-electron chi connectivity index (χ4n) is 3.18. The second-order valence-corrected chi connectivity index (χ2v) is 6.45. The fourth-order valence-corrected chi connectivity index (χ4v) is 3.18. The van der Waals surface area contributed by atoms with Gasteiger partial charge in [0.2, 0.25) is 0 Å². The largest absolute Gasteiger partial charge is 0.508 e. The van der Waals surface area contributed by atoms with E-state index in [0.717, 1.165) is 0 Å². The van der Waals surface area contributed by atoms with Gasteiger partial charge in [0.15, 0.2) is 0 Å². The molecule has 28 heavy (non-hydrogen) atoms. The lowest BCUT2D eigenvalue weighted by Crippen LogP contribution is -2.38. The number of alkyl halides is 3. The molecule has 148 valence electrons. The van der Waals surface area contributed by atoms with Gasteiger partial charge in [-0.3, -0.25) is 0 Å². The number of urea groups is 1. The maximum absolute atomic E-state index is 13.3. The standard InChI is InChI=1S/C20H20F3N3O2/c1-12(13-6-3-5-9-17(13)27)25-19(28)24-11-10-15-14-7-2-4-8-16(14)26-18(15)20(21,22)23/h2-9,12,26-27H,10-11H2,1H3,(H2,24,25,28)/t12-/m0/s1. The van der Waals surface area contributed by atoms with E-state index in [9.17, 15) is 23.1 Å². The predicted molar refractivity (Wildman–Crippen MR) is 100 cm³/mol. The van der Waals surface area contributed by atoms with Crippen LogP contribution in [0.3, 0.4) is 0 Å². The molecule has 5 nitrogen and oxygen atoms in total. The van der Waals surface area contributed by atoms with E-state index in [4.69, 9.17) is 0 Å². The Morgan fingerprint density at radius 1 is 1.14 bits per heavy atom. The second-order valence-electron chi connectivity index (χ2n) is 6.45. The molecule has 3 aromatic rings. The average Bonchev–Trinajstić information content (AvgIpc) is 3.01. The van der Waals surface area contributed by atoms with E-state index < -0.39 is 23.9 Å². The lowest BCUT2D eigenvalue weighted by atomic mass is 10.1. The molecule has 4 N–H and O–H groups in total. The third-order valence-corrected chi connectivity index (χ3v) is 4.51. The SMILES string of the molecule is C[C@H](NC(=O)NCCc1c(C(F)(F)F)[nH]c2ccccc12)c1ccccc1O. The van der Waals surface area contributed by atoms with Crippen LogP contribution in [0.25, 0.3) is 10.9 Å². The third-order valence-electron chi connectivity index (χ3n) is 4.51. The van der Waals surface area contributed by atoms with Crippen molar-refractivity contribution in [2.45, 2.75) is 25.6 Å². The van der Waals surface area contributed by atoms with Crippen LogP contribution in [0, 0.1) is 0 Å². The normalized spacial score (nSPS) is 12.7. The number of carbonyl (C=O) groups is 1. The number of phenols is 1. The van der Waals surface area contributed by atoms with Crippen LogP contribution in [0.15, 0.2) is 48.5 Å². The van der Waals surface area contributed by atoms with Crippen LogP contribution < -0.4 is 10.6 Å². The molecule has 0 spiro atoms. The van der Waals surface area contributed by atoms with Gasteiger partial charge in [0.1, 0.15) is 11.4 Å². The molecule has 0 aliphatic carbocycles. The predicted octanol–water partition coefficient (Wildman–Crippen LogP) is 4.50. The number of rotatable bonds is 5. The van der Waals surface area contributed by atoms with Gasteiger partial charge in [0.05, 0.1) is 6.04 Å². The van der Waals surface area contributed by atoms with E-state index in [2.05, 4.69) is 15.6 Å². The summed E-state index contributed by atoms with van der Waals surface area (Å²) in [5.41, 5.74) is 0.284. The summed E-state index contributed by atoms with van der Waals surface area (Å²) in [6, 6.07) is 12.2. The highest BCUT2D eigenvalue weighted by Crippen LogP contribution is 2.35. The number of carbonyl (C=O) groups excluding carboxylic acids is 1. The highest BCUT2D eigenvalue weighted by Gasteiger charge is 2.36. The van der Waals surface area contributed by atoms with Crippen LogP contribution >= 0.6 is 0 Å². The molecule has 1 aromatic heterocycles. The van der Waals surface area contributed by atoms with Gasteiger partial charge >= 0.3 is 12.2 Å². The van der Waals surface area contributed by atoms with Gasteiger partial charge in [-0.15, -0.1) is 0 Å². The van der Waals surface area contributed by atoms with Gasteiger partial charge in [-0.25, -0.2) is 4.79 Å². The summed E-state index contributed by atoms with van der Waals surface area (Å²) in [4.78, 5) is 14.5. The minimum absolute atomic E-state index is 0.0250. The van der Waals surface area contributed by atoms with E-state index >= 15 is 0 Å². The molecule has 1 atom stereocenters. The number of hydrogen-bond donors (Lipinski definition) is 4. The smallest absolute Gasteiger partial charge is 0.431 e. The second kappa shape index (κ2) is 7.84. The van der Waals surface area contributed by atoms with Gasteiger partial charge in [0.25, 0.3) is 0 Å². The van der Waals surface area contributed by atoms with Crippen molar-refractivity contribution in [2.75, 3.05) is 6.54 Å². The van der Waals surface area contributed by atoms with Crippen LogP contribution in [0.2, 0.25) is 0 Å². The third kappa shape index (κ3) is 4.21. The minimum atomic E-state index is -4.50. The molecule has 0 radical (unpaired) electrons. The first kappa shape index (κ1) is 19.6. The summed E-state index contributed by atoms with van der Waals surface area (Å²) in [6.45, 7) is 1.74. The van der Waals surface area contributed by atoms with Gasteiger partial charge in [-0.2, -0.15) is 13.2 Å². The van der Waals surface area contributed by atoms with Crippen LogP contribution in [-0.4, -0.2) is 22.7 Å². The Labute approximate surface area is 159 Å². The Kier molecular flexibility index (Phi) is 5.48. The highest BCUT2D eigenvalue weighted by atomic mass is 19.4. The molecule has 2 aromatic carbocycles. The number of benzene rings is 2. The molecule has 1 heterocycles. The van der Waals surface area contributed by atoms with Gasteiger partial charge in [-0.1, -0.05) is 36.4 Å². The molecule has 0 aliphatic heterocycles. The number of hydrogen-bond acceptors (Lipinski definition) is 2. The zero-order chi connectivity index (χ0) is 20.3. The van der Waals surface area contributed by atoms with Crippen molar-refractivity contribution in [1.29, 1.82) is 0 Å². The number of phenolic OH excluding ortho intramolecular Hbond substituents is 1. The lowest BCUT2D eigenvalue weighted by molar-refractivity contribution is -0.141. The molecule has 0 unspecified atom stereocenters. The molecule has 0 saturated carbocycles. The van der Waals surface area contributed by atoms with Crippen molar-refractivity contribution in [3.63, 3.8) is 0 Å². The lowest BCUT2D eigenvalue weighted by Gasteiger charge is -2.16. The summed E-state index contributed by atoms with van der Waals surface area (Å²) in [5.74, 6) is 0.0592. The van der Waals surface area contributed by atoms with E-state index in [1.54, 1.807) is 49.4 Å². The number of aromatic amines is 1. The quantitative estimate of drug-likeness (QED) is 0.517. The molecule has 0 saturated heterocycles. The Bertz CT molecular complexity index is 982. The molecule has 0 bridgehead atoms. The number of halogens is 3. The molecule has 3 rings (SSSR count). The summed E-state index contributed by atoms with van der Waals surface area (Å²) >= 11 is 0. The number of nitrogens with one attached hydrogen (secondary N) is 3. The van der Waals surface area contributed by atoms with Gasteiger partial charge < -0.3 is 20.7 Å². The maximum Gasteiger partial charge on any atom is 0.431 e. The number of amides is 2. The van der Waals surface area contributed by atoms with Crippen molar-refractivity contribution in [3.8, 4) is 5.75 Å². The fraction of sp³-hybridized carbons (Fsp3) is 0.250. The number of aromatic nitrogens is 1.